The van der Waals surface area contributed by atoms with Gasteiger partial charge in [0.05, 0.1) is 25.2 Å². The van der Waals surface area contributed by atoms with Crippen LogP contribution >= 0.6 is 0 Å². The minimum absolute atomic E-state index is 0.0435. The molecule has 2 amide bonds. The number of methoxy groups -OCH3 is 1. The van der Waals surface area contributed by atoms with Crippen molar-refractivity contribution in [1.82, 2.24) is 10.8 Å². The molecule has 0 saturated heterocycles. The molecule has 0 bridgehead atoms. The van der Waals surface area contributed by atoms with Crippen LogP contribution in [0.4, 0.5) is 10.5 Å². The number of hydrogen-bond acceptors (Lipinski definition) is 9. The summed E-state index contributed by atoms with van der Waals surface area (Å²) in [6.45, 7) is 5.44. The van der Waals surface area contributed by atoms with Crippen molar-refractivity contribution in [3.63, 3.8) is 0 Å². The van der Waals surface area contributed by atoms with Crippen LogP contribution in [0.25, 0.3) is 0 Å². The lowest BCUT2D eigenvalue weighted by Crippen LogP contribution is -2.37. The highest BCUT2D eigenvalue weighted by molar-refractivity contribution is 5.86. The van der Waals surface area contributed by atoms with Crippen LogP contribution in [-0.4, -0.2) is 37.2 Å². The van der Waals surface area contributed by atoms with Crippen molar-refractivity contribution in [2.75, 3.05) is 19.0 Å². The monoisotopic (exact) mass is 574 g/mol. The quantitative estimate of drug-likeness (QED) is 0.275. The number of benzene rings is 3. The first-order chi connectivity index (χ1) is 20.1. The number of rotatable bonds is 11. The summed E-state index contributed by atoms with van der Waals surface area (Å²) in [5.74, 6) is -0.564. The molecule has 0 heterocycles. The summed E-state index contributed by atoms with van der Waals surface area (Å²) in [4.78, 5) is 42.2. The average molecular weight is 575 g/mol. The molecule has 3 aromatic carbocycles. The summed E-state index contributed by atoms with van der Waals surface area (Å²) in [5.41, 5.74) is 3.97. The number of anilines is 1. The number of carbonyl (C=O) groups is 3. The van der Waals surface area contributed by atoms with Gasteiger partial charge in [-0.3, -0.25) is 4.79 Å². The fourth-order valence-electron chi connectivity index (χ4n) is 3.62. The van der Waals surface area contributed by atoms with Crippen molar-refractivity contribution in [2.24, 2.45) is 0 Å². The summed E-state index contributed by atoms with van der Waals surface area (Å²) < 4.78 is 16.6. The highest BCUT2D eigenvalue weighted by atomic mass is 16.7. The molecular formula is C31H34N4O7. The Morgan fingerprint density at radius 1 is 0.952 bits per heavy atom. The minimum atomic E-state index is -1.03. The van der Waals surface area contributed by atoms with Crippen LogP contribution in [-0.2, 0) is 25.8 Å². The molecule has 0 aliphatic carbocycles. The van der Waals surface area contributed by atoms with Gasteiger partial charge in [0.25, 0.3) is 5.91 Å². The number of ether oxygens (including phenoxy) is 3. The van der Waals surface area contributed by atoms with E-state index in [1.54, 1.807) is 63.2 Å². The molecule has 0 spiro atoms. The Hall–Kier alpha value is -5.24. The van der Waals surface area contributed by atoms with Crippen molar-refractivity contribution in [3.05, 3.63) is 89.5 Å². The van der Waals surface area contributed by atoms with Gasteiger partial charge in [0.15, 0.2) is 11.5 Å². The van der Waals surface area contributed by atoms with Crippen molar-refractivity contribution in [2.45, 2.75) is 45.4 Å². The van der Waals surface area contributed by atoms with Gasteiger partial charge in [0, 0.05) is 12.2 Å². The fraction of sp³-hybridized carbons (Fsp3) is 0.290. The number of carbonyl (C=O) groups excluding carboxylic acids is 3. The van der Waals surface area contributed by atoms with Crippen LogP contribution in [0, 0.1) is 11.3 Å². The summed E-state index contributed by atoms with van der Waals surface area (Å²) in [5, 5.41) is 14.6. The van der Waals surface area contributed by atoms with Gasteiger partial charge >= 0.3 is 12.1 Å². The topological polar surface area (TPSA) is 148 Å². The van der Waals surface area contributed by atoms with Crippen molar-refractivity contribution in [3.8, 4) is 17.6 Å². The smallest absolute Gasteiger partial charge is 0.407 e. The predicted octanol–water partition coefficient (Wildman–Crippen LogP) is 4.79. The number of hydrogen-bond donors (Lipinski definition) is 3. The molecule has 0 fully saturated rings. The maximum absolute atomic E-state index is 13.2. The Morgan fingerprint density at radius 3 is 2.31 bits per heavy atom. The molecule has 42 heavy (non-hydrogen) atoms. The molecular weight excluding hydrogens is 540 g/mol. The third-order valence-electron chi connectivity index (χ3n) is 5.61. The lowest BCUT2D eigenvalue weighted by atomic mass is 10.0. The Labute approximate surface area is 244 Å². The molecule has 0 unspecified atom stereocenters. The van der Waals surface area contributed by atoms with Gasteiger partial charge in [-0.1, -0.05) is 36.4 Å². The summed E-state index contributed by atoms with van der Waals surface area (Å²) in [6, 6.07) is 22.2. The maximum atomic E-state index is 13.2. The molecule has 1 atom stereocenters. The van der Waals surface area contributed by atoms with E-state index in [9.17, 15) is 14.4 Å². The van der Waals surface area contributed by atoms with E-state index >= 15 is 0 Å². The zero-order valence-electron chi connectivity index (χ0n) is 23.9. The molecule has 3 N–H and O–H groups in total. The molecule has 220 valence electrons. The summed E-state index contributed by atoms with van der Waals surface area (Å²) >= 11 is 0. The lowest BCUT2D eigenvalue weighted by molar-refractivity contribution is -0.158. The zero-order chi connectivity index (χ0) is 30.5. The van der Waals surface area contributed by atoms with Crippen LogP contribution in [0.3, 0.4) is 0 Å². The molecule has 3 aromatic rings. The average Bonchev–Trinajstić information content (AvgIpc) is 2.97. The first-order valence-electron chi connectivity index (χ1n) is 13.2. The van der Waals surface area contributed by atoms with Crippen LogP contribution in [0.5, 0.6) is 11.5 Å². The van der Waals surface area contributed by atoms with Gasteiger partial charge in [-0.15, -0.1) is 0 Å². The summed E-state index contributed by atoms with van der Waals surface area (Å²) in [7, 11) is 1.49. The van der Waals surface area contributed by atoms with Crippen molar-refractivity contribution < 1.29 is 33.4 Å². The van der Waals surface area contributed by atoms with E-state index in [2.05, 4.69) is 16.1 Å². The SMILES string of the molecule is COc1cc([C@H](Nc2ccc(C#N)cc2)C(=O)NOC(=O)CCNC(=O)OC(C)(C)C)ccc1OCc1ccccc1. The minimum Gasteiger partial charge on any atom is -0.493 e. The first-order valence-corrected chi connectivity index (χ1v) is 13.2. The molecule has 11 nitrogen and oxygen atoms in total. The van der Waals surface area contributed by atoms with Gasteiger partial charge in [-0.2, -0.15) is 10.7 Å². The van der Waals surface area contributed by atoms with E-state index < -0.39 is 29.6 Å². The van der Waals surface area contributed by atoms with E-state index in [4.69, 9.17) is 24.3 Å². The van der Waals surface area contributed by atoms with Gasteiger partial charge in [0.2, 0.25) is 0 Å². The Morgan fingerprint density at radius 2 is 1.67 bits per heavy atom. The van der Waals surface area contributed by atoms with Gasteiger partial charge in [0.1, 0.15) is 18.2 Å². The fourth-order valence-corrected chi connectivity index (χ4v) is 3.62. The number of nitrogens with zero attached hydrogens (tertiary/aromatic N) is 1. The maximum Gasteiger partial charge on any atom is 0.407 e. The predicted molar refractivity (Wildman–Crippen MR) is 154 cm³/mol. The Kier molecular flexibility index (Phi) is 11.1. The molecule has 11 heteroatoms. The first kappa shape index (κ1) is 31.3. The lowest BCUT2D eigenvalue weighted by Gasteiger charge is -2.21. The van der Waals surface area contributed by atoms with Gasteiger partial charge < -0.3 is 29.7 Å². The number of alkyl carbamates (subject to hydrolysis) is 1. The van der Waals surface area contributed by atoms with E-state index in [1.165, 1.54) is 7.11 Å². The number of nitrogens with one attached hydrogen (secondary N) is 3. The second-order valence-corrected chi connectivity index (χ2v) is 10.1. The number of hydroxylamine groups is 1. The molecule has 0 aromatic heterocycles. The second-order valence-electron chi connectivity index (χ2n) is 10.1. The third-order valence-corrected chi connectivity index (χ3v) is 5.61. The van der Waals surface area contributed by atoms with Crippen LogP contribution in [0.2, 0.25) is 0 Å². The van der Waals surface area contributed by atoms with Crippen molar-refractivity contribution >= 4 is 23.7 Å². The van der Waals surface area contributed by atoms with Gasteiger partial charge in [-0.05, 0) is 68.3 Å². The van der Waals surface area contributed by atoms with Crippen LogP contribution in [0.15, 0.2) is 72.8 Å². The number of nitriles is 1. The van der Waals surface area contributed by atoms with Crippen molar-refractivity contribution in [1.29, 1.82) is 5.26 Å². The highest BCUT2D eigenvalue weighted by Gasteiger charge is 2.24. The Balaban J connectivity index is 1.70. The van der Waals surface area contributed by atoms with Crippen LogP contribution < -0.4 is 25.6 Å². The standard InChI is InChI=1S/C31H34N4O7/c1-31(2,3)41-30(38)33-17-16-27(36)42-35-29(37)28(34-24-13-10-21(19-32)11-14-24)23-12-15-25(26(18-23)39-4)40-20-22-8-6-5-7-9-22/h5-15,18,28,34H,16-17,20H2,1-4H3,(H,33,38)(H,35,37)/t28-/m0/s1. The molecule has 0 aliphatic rings. The van der Waals surface area contributed by atoms with E-state index in [-0.39, 0.29) is 13.0 Å². The highest BCUT2D eigenvalue weighted by Crippen LogP contribution is 2.32. The van der Waals surface area contributed by atoms with E-state index in [1.807, 2.05) is 36.4 Å². The Bertz CT molecular complexity index is 1400. The molecule has 3 rings (SSSR count). The summed E-state index contributed by atoms with van der Waals surface area (Å²) in [6.07, 6.45) is -0.870. The van der Waals surface area contributed by atoms with Gasteiger partial charge in [-0.25, -0.2) is 9.59 Å². The normalized spacial score (nSPS) is 11.3. The van der Waals surface area contributed by atoms with E-state index in [0.29, 0.717) is 34.9 Å². The zero-order valence-corrected chi connectivity index (χ0v) is 23.9. The third kappa shape index (κ3) is 10.1. The molecule has 0 saturated carbocycles. The molecule has 0 radical (unpaired) electrons. The number of amides is 2. The molecule has 0 aliphatic heterocycles. The largest absolute Gasteiger partial charge is 0.493 e. The van der Waals surface area contributed by atoms with E-state index in [0.717, 1.165) is 5.56 Å². The van der Waals surface area contributed by atoms with Crippen LogP contribution in [0.1, 0.15) is 49.9 Å². The second kappa shape index (κ2) is 14.9.